The molecular weight excluding hydrogens is 309 g/mol. The number of nitrogens with one attached hydrogen (secondary N) is 1. The van der Waals surface area contributed by atoms with Crippen LogP contribution in [-0.4, -0.2) is 21.0 Å². The van der Waals surface area contributed by atoms with Crippen LogP contribution < -0.4 is 5.69 Å². The maximum Gasteiger partial charge on any atom is 0.431 e. The molecule has 2 N–H and O–H groups in total. The van der Waals surface area contributed by atoms with E-state index in [2.05, 4.69) is 4.98 Å². The quantitative estimate of drug-likeness (QED) is 0.912. The molecule has 0 saturated heterocycles. The molecule has 0 aliphatic rings. The van der Waals surface area contributed by atoms with E-state index in [-0.39, 0.29) is 11.3 Å². The summed E-state index contributed by atoms with van der Waals surface area (Å²) in [5.74, 6) is -1.15. The molecule has 9 heteroatoms. The Balaban J connectivity index is 2.38. The van der Waals surface area contributed by atoms with Crippen molar-refractivity contribution in [1.82, 2.24) is 9.97 Å². The van der Waals surface area contributed by atoms with E-state index in [0.29, 0.717) is 10.9 Å². The van der Waals surface area contributed by atoms with E-state index in [4.69, 9.17) is 5.11 Å². The smallest absolute Gasteiger partial charge is 0.431 e. The molecule has 0 aliphatic heterocycles. The molecule has 0 spiro atoms. The zero-order chi connectivity index (χ0) is 15.6. The van der Waals surface area contributed by atoms with Gasteiger partial charge >= 0.3 is 17.8 Å². The van der Waals surface area contributed by atoms with Gasteiger partial charge < -0.3 is 10.1 Å². The lowest BCUT2D eigenvalue weighted by Gasteiger charge is -2.05. The molecule has 0 unspecified atom stereocenters. The van der Waals surface area contributed by atoms with Crippen LogP contribution in [0.5, 0.6) is 0 Å². The number of carbonyl (C=O) groups is 1. The van der Waals surface area contributed by atoms with Crippen molar-refractivity contribution in [3.05, 3.63) is 49.8 Å². The lowest BCUT2D eigenvalue weighted by atomic mass is 10.2. The average Bonchev–Trinajstić information content (AvgIpc) is 2.83. The van der Waals surface area contributed by atoms with Crippen molar-refractivity contribution in [2.24, 2.45) is 0 Å². The Labute approximate surface area is 119 Å². The minimum atomic E-state index is -4.69. The third kappa shape index (κ3) is 3.57. The second kappa shape index (κ2) is 5.52. The molecule has 0 amide bonds. The summed E-state index contributed by atoms with van der Waals surface area (Å²) in [5, 5.41) is 10.4. The fourth-order valence-electron chi connectivity index (χ4n) is 1.50. The highest BCUT2D eigenvalue weighted by molar-refractivity contribution is 7.11. The van der Waals surface area contributed by atoms with E-state index in [1.165, 1.54) is 17.5 Å². The lowest BCUT2D eigenvalue weighted by molar-refractivity contribution is -0.141. The maximum atomic E-state index is 12.5. The molecule has 110 valence electrons. The number of aromatic amines is 1. The number of alkyl halides is 3. The summed E-state index contributed by atoms with van der Waals surface area (Å²) in [5.41, 5.74) is -2.53. The number of nitrogens with zero attached hydrogens (tertiary/aromatic N) is 1. The highest BCUT2D eigenvalue weighted by atomic mass is 32.1. The fraction of sp³-hybridized carbons (Fsp3) is 0.0833. The van der Waals surface area contributed by atoms with E-state index in [9.17, 15) is 22.8 Å². The molecule has 0 aromatic carbocycles. The van der Waals surface area contributed by atoms with Gasteiger partial charge in [0, 0.05) is 4.88 Å². The minimum Gasteiger partial charge on any atom is -0.478 e. The standard InChI is InChI=1S/C12H7F3N2O3S/c13-12(14,15)9-5-6(16-11(20)17-9)1-2-8-7(10(18)19)3-4-21-8/h1-5H,(H,18,19)(H,16,17,20). The molecule has 2 aromatic rings. The number of rotatable bonds is 3. The molecule has 5 nitrogen and oxygen atoms in total. The third-order valence-corrected chi connectivity index (χ3v) is 3.28. The highest BCUT2D eigenvalue weighted by Crippen LogP contribution is 2.27. The van der Waals surface area contributed by atoms with Crippen LogP contribution in [0.15, 0.2) is 22.3 Å². The summed E-state index contributed by atoms with van der Waals surface area (Å²) in [4.78, 5) is 27.3. The maximum absolute atomic E-state index is 12.5. The van der Waals surface area contributed by atoms with Gasteiger partial charge in [0.2, 0.25) is 0 Å². The van der Waals surface area contributed by atoms with Gasteiger partial charge in [-0.1, -0.05) is 0 Å². The van der Waals surface area contributed by atoms with E-state index in [1.807, 2.05) is 0 Å². The number of thiophene rings is 1. The summed E-state index contributed by atoms with van der Waals surface area (Å²) in [6.45, 7) is 0. The molecule has 0 fully saturated rings. The minimum absolute atomic E-state index is 0.0251. The van der Waals surface area contributed by atoms with Crippen molar-refractivity contribution in [3.63, 3.8) is 0 Å². The number of halogens is 3. The van der Waals surface area contributed by atoms with E-state index in [1.54, 1.807) is 4.98 Å². The van der Waals surface area contributed by atoms with Crippen molar-refractivity contribution in [2.45, 2.75) is 6.18 Å². The Morgan fingerprint density at radius 3 is 2.71 bits per heavy atom. The van der Waals surface area contributed by atoms with Gasteiger partial charge in [0.05, 0.1) is 11.3 Å². The molecule has 2 heterocycles. The van der Waals surface area contributed by atoms with Gasteiger partial charge in [-0.05, 0) is 29.7 Å². The first-order chi connectivity index (χ1) is 9.77. The second-order valence-corrected chi connectivity index (χ2v) is 4.81. The van der Waals surface area contributed by atoms with Gasteiger partial charge in [-0.25, -0.2) is 9.59 Å². The van der Waals surface area contributed by atoms with Crippen LogP contribution in [0.2, 0.25) is 0 Å². The number of aromatic nitrogens is 2. The van der Waals surface area contributed by atoms with E-state index in [0.717, 1.165) is 17.4 Å². The van der Waals surface area contributed by atoms with Crippen molar-refractivity contribution >= 4 is 29.5 Å². The zero-order valence-electron chi connectivity index (χ0n) is 10.1. The predicted molar refractivity (Wildman–Crippen MR) is 70.1 cm³/mol. The molecule has 2 rings (SSSR count). The van der Waals surface area contributed by atoms with Crippen LogP contribution in [0.3, 0.4) is 0 Å². The highest BCUT2D eigenvalue weighted by Gasteiger charge is 2.32. The normalized spacial score (nSPS) is 12.0. The second-order valence-electron chi connectivity index (χ2n) is 3.86. The van der Waals surface area contributed by atoms with Crippen LogP contribution in [0.4, 0.5) is 13.2 Å². The lowest BCUT2D eigenvalue weighted by Crippen LogP contribution is -2.19. The summed E-state index contributed by atoms with van der Waals surface area (Å²) < 4.78 is 37.6. The Bertz CT molecular complexity index is 762. The largest absolute Gasteiger partial charge is 0.478 e. The number of hydrogen-bond donors (Lipinski definition) is 2. The van der Waals surface area contributed by atoms with Crippen LogP contribution in [0, 0.1) is 0 Å². The molecular formula is C12H7F3N2O3S. The van der Waals surface area contributed by atoms with Crippen LogP contribution >= 0.6 is 11.3 Å². The predicted octanol–water partition coefficient (Wildman–Crippen LogP) is 2.72. The fourth-order valence-corrected chi connectivity index (χ4v) is 2.28. The number of aromatic carboxylic acids is 1. The summed E-state index contributed by atoms with van der Waals surface area (Å²) in [6.07, 6.45) is -2.24. The number of carboxylic acid groups (broad SMARTS) is 1. The first-order valence-electron chi connectivity index (χ1n) is 5.45. The van der Waals surface area contributed by atoms with Crippen molar-refractivity contribution in [2.75, 3.05) is 0 Å². The van der Waals surface area contributed by atoms with Gasteiger partial charge in [0.25, 0.3) is 0 Å². The van der Waals surface area contributed by atoms with Gasteiger partial charge in [0.1, 0.15) is 5.69 Å². The van der Waals surface area contributed by atoms with Crippen LogP contribution in [0.1, 0.15) is 26.6 Å². The summed E-state index contributed by atoms with van der Waals surface area (Å²) in [6, 6.07) is 2.05. The first-order valence-corrected chi connectivity index (χ1v) is 6.33. The molecule has 0 aliphatic carbocycles. The summed E-state index contributed by atoms with van der Waals surface area (Å²) >= 11 is 1.11. The monoisotopic (exact) mass is 316 g/mol. The molecule has 0 saturated carbocycles. The van der Waals surface area contributed by atoms with Gasteiger partial charge in [0.15, 0.2) is 0 Å². The molecule has 0 radical (unpaired) electrons. The van der Waals surface area contributed by atoms with E-state index < -0.39 is 23.5 Å². The third-order valence-electron chi connectivity index (χ3n) is 2.40. The zero-order valence-corrected chi connectivity index (χ0v) is 11.0. The first kappa shape index (κ1) is 15.0. The molecule has 21 heavy (non-hydrogen) atoms. The topological polar surface area (TPSA) is 83.0 Å². The molecule has 0 atom stereocenters. The number of carboxylic acids is 1. The SMILES string of the molecule is O=C(O)c1ccsc1C=Cc1cc(C(F)(F)F)[nH]c(=O)n1. The van der Waals surface area contributed by atoms with Crippen molar-refractivity contribution < 1.29 is 23.1 Å². The number of H-pyrrole nitrogens is 1. The van der Waals surface area contributed by atoms with Crippen LogP contribution in [0.25, 0.3) is 12.2 Å². The average molecular weight is 316 g/mol. The summed E-state index contributed by atoms with van der Waals surface area (Å²) in [7, 11) is 0. The van der Waals surface area contributed by atoms with Crippen LogP contribution in [-0.2, 0) is 6.18 Å². The molecule has 2 aromatic heterocycles. The Kier molecular flexibility index (Phi) is 3.94. The van der Waals surface area contributed by atoms with Gasteiger partial charge in [-0.15, -0.1) is 11.3 Å². The number of hydrogen-bond acceptors (Lipinski definition) is 4. The molecule has 0 bridgehead atoms. The Morgan fingerprint density at radius 1 is 1.38 bits per heavy atom. The Morgan fingerprint density at radius 2 is 2.10 bits per heavy atom. The van der Waals surface area contributed by atoms with Gasteiger partial charge in [-0.2, -0.15) is 18.2 Å². The van der Waals surface area contributed by atoms with Gasteiger partial charge in [-0.3, -0.25) is 0 Å². The van der Waals surface area contributed by atoms with E-state index >= 15 is 0 Å². The van der Waals surface area contributed by atoms with Crippen molar-refractivity contribution in [3.8, 4) is 0 Å². The van der Waals surface area contributed by atoms with Crippen molar-refractivity contribution in [1.29, 1.82) is 0 Å². The Hall–Kier alpha value is -2.42.